The van der Waals surface area contributed by atoms with E-state index in [0.717, 1.165) is 6.67 Å². The lowest BCUT2D eigenvalue weighted by Gasteiger charge is -2.17. The van der Waals surface area contributed by atoms with E-state index in [0.29, 0.717) is 0 Å². The summed E-state index contributed by atoms with van der Waals surface area (Å²) in [6.45, 7) is 6.62. The first-order valence-corrected chi connectivity index (χ1v) is 9.40. The molecule has 0 amide bonds. The first kappa shape index (κ1) is 17.2. The first-order valence-electron chi connectivity index (χ1n) is 9.40. The van der Waals surface area contributed by atoms with Crippen LogP contribution in [0.3, 0.4) is 0 Å². The Labute approximate surface area is 137 Å². The lowest BCUT2D eigenvalue weighted by molar-refractivity contribution is 0.555. The zero-order valence-electron chi connectivity index (χ0n) is 14.7. The number of aryl methyl sites for hydroxylation is 1. The highest BCUT2D eigenvalue weighted by molar-refractivity contribution is 5.75. The molecule has 0 unspecified atom stereocenters. The van der Waals surface area contributed by atoms with Gasteiger partial charge in [0.1, 0.15) is 0 Å². The topological polar surface area (TPSA) is 15.3 Å². The summed E-state index contributed by atoms with van der Waals surface area (Å²) >= 11 is 0. The molecule has 0 bridgehead atoms. The summed E-state index contributed by atoms with van der Waals surface area (Å²) in [5.41, 5.74) is 4.04. The van der Waals surface area contributed by atoms with Crippen molar-refractivity contribution in [2.45, 2.75) is 78.1 Å². The van der Waals surface area contributed by atoms with Gasteiger partial charge >= 0.3 is 0 Å². The van der Waals surface area contributed by atoms with Crippen LogP contribution in [0.15, 0.2) is 18.2 Å². The molecule has 1 heterocycles. The van der Waals surface area contributed by atoms with Crippen LogP contribution in [0.5, 0.6) is 0 Å². The van der Waals surface area contributed by atoms with Gasteiger partial charge < -0.3 is 10.2 Å². The van der Waals surface area contributed by atoms with Crippen LogP contribution in [-0.2, 0) is 0 Å². The highest BCUT2D eigenvalue weighted by atomic mass is 15.3. The largest absolute Gasteiger partial charge is 0.366 e. The molecule has 0 saturated heterocycles. The van der Waals surface area contributed by atoms with Gasteiger partial charge in [-0.05, 0) is 31.0 Å². The van der Waals surface area contributed by atoms with Crippen molar-refractivity contribution in [3.8, 4) is 0 Å². The molecular weight excluding hydrogens is 268 g/mol. The second-order valence-corrected chi connectivity index (χ2v) is 6.80. The number of hydrogen-bond acceptors (Lipinski definition) is 2. The lowest BCUT2D eigenvalue weighted by Crippen LogP contribution is -2.23. The number of rotatable bonds is 11. The van der Waals surface area contributed by atoms with E-state index in [1.807, 2.05) is 0 Å². The fourth-order valence-corrected chi connectivity index (χ4v) is 3.32. The van der Waals surface area contributed by atoms with Gasteiger partial charge in [0.25, 0.3) is 0 Å². The Morgan fingerprint density at radius 2 is 1.55 bits per heavy atom. The minimum absolute atomic E-state index is 0.982. The average Bonchev–Trinajstić information content (AvgIpc) is 2.91. The molecule has 0 radical (unpaired) electrons. The van der Waals surface area contributed by atoms with Gasteiger partial charge in [-0.2, -0.15) is 0 Å². The fourth-order valence-electron chi connectivity index (χ4n) is 3.32. The van der Waals surface area contributed by atoms with Crippen molar-refractivity contribution in [2.24, 2.45) is 0 Å². The van der Waals surface area contributed by atoms with Crippen molar-refractivity contribution in [3.63, 3.8) is 0 Å². The number of hydrogen-bond donors (Lipinski definition) is 1. The molecule has 0 aliphatic carbocycles. The molecule has 1 aliphatic heterocycles. The van der Waals surface area contributed by atoms with Gasteiger partial charge in [-0.1, -0.05) is 70.8 Å². The Morgan fingerprint density at radius 3 is 2.23 bits per heavy atom. The zero-order valence-corrected chi connectivity index (χ0v) is 14.7. The molecule has 2 rings (SSSR count). The number of benzene rings is 1. The average molecular weight is 303 g/mol. The predicted octanol–water partition coefficient (Wildman–Crippen LogP) is 6.11. The van der Waals surface area contributed by atoms with E-state index < -0.39 is 0 Å². The van der Waals surface area contributed by atoms with Gasteiger partial charge in [-0.25, -0.2) is 0 Å². The maximum Gasteiger partial charge on any atom is 0.0877 e. The van der Waals surface area contributed by atoms with Crippen molar-refractivity contribution in [1.29, 1.82) is 0 Å². The maximum absolute atomic E-state index is 3.50. The Kier molecular flexibility index (Phi) is 7.62. The summed E-state index contributed by atoms with van der Waals surface area (Å²) in [4.78, 5) is 2.49. The molecule has 124 valence electrons. The minimum Gasteiger partial charge on any atom is -0.366 e. The molecule has 1 N–H and O–H groups in total. The Hall–Kier alpha value is -1.18. The van der Waals surface area contributed by atoms with Gasteiger partial charge in [0.05, 0.1) is 18.0 Å². The maximum atomic E-state index is 3.50. The minimum atomic E-state index is 0.982. The third kappa shape index (κ3) is 5.55. The van der Waals surface area contributed by atoms with Crippen molar-refractivity contribution in [2.75, 3.05) is 23.4 Å². The molecule has 22 heavy (non-hydrogen) atoms. The molecule has 1 aliphatic rings. The molecule has 0 atom stereocenters. The predicted molar refractivity (Wildman–Crippen MR) is 98.9 cm³/mol. The number of unbranched alkanes of at least 4 members (excludes halogenated alkanes) is 9. The Morgan fingerprint density at radius 1 is 0.909 bits per heavy atom. The Balaban J connectivity index is 1.50. The van der Waals surface area contributed by atoms with Gasteiger partial charge in [-0.15, -0.1) is 0 Å². The fraction of sp³-hybridized carbons (Fsp3) is 0.700. The van der Waals surface area contributed by atoms with E-state index in [1.165, 1.54) is 87.7 Å². The summed E-state index contributed by atoms with van der Waals surface area (Å²) in [7, 11) is 0. The summed E-state index contributed by atoms with van der Waals surface area (Å²) < 4.78 is 0. The molecule has 2 heteroatoms. The van der Waals surface area contributed by atoms with Crippen LogP contribution >= 0.6 is 0 Å². The Bertz CT molecular complexity index is 428. The van der Waals surface area contributed by atoms with Crippen LogP contribution in [-0.4, -0.2) is 13.2 Å². The van der Waals surface area contributed by atoms with Gasteiger partial charge in [0.15, 0.2) is 0 Å². The quantitative estimate of drug-likeness (QED) is 0.496. The number of nitrogens with zero attached hydrogens (tertiary/aromatic N) is 1. The summed E-state index contributed by atoms with van der Waals surface area (Å²) in [5.74, 6) is 0. The third-order valence-corrected chi connectivity index (χ3v) is 4.73. The normalized spacial score (nSPS) is 13.3. The van der Waals surface area contributed by atoms with E-state index in [9.17, 15) is 0 Å². The van der Waals surface area contributed by atoms with E-state index >= 15 is 0 Å². The summed E-state index contributed by atoms with van der Waals surface area (Å²) in [6, 6.07) is 6.74. The van der Waals surface area contributed by atoms with Gasteiger partial charge in [0.2, 0.25) is 0 Å². The zero-order chi connectivity index (χ0) is 15.6. The van der Waals surface area contributed by atoms with Crippen LogP contribution in [0, 0.1) is 6.92 Å². The highest BCUT2D eigenvalue weighted by Gasteiger charge is 2.17. The molecule has 0 fully saturated rings. The number of nitrogens with one attached hydrogen (secondary N) is 1. The SMILES string of the molecule is CCCCCCCCCCCCN1CNc2cc(C)ccc21. The van der Waals surface area contributed by atoms with Crippen molar-refractivity contribution in [1.82, 2.24) is 0 Å². The molecule has 0 spiro atoms. The highest BCUT2D eigenvalue weighted by Crippen LogP contribution is 2.32. The number of anilines is 2. The van der Waals surface area contributed by atoms with Crippen LogP contribution in [0.1, 0.15) is 76.7 Å². The first-order chi connectivity index (χ1) is 10.8. The molecule has 1 aromatic rings. The van der Waals surface area contributed by atoms with Crippen molar-refractivity contribution in [3.05, 3.63) is 23.8 Å². The van der Waals surface area contributed by atoms with Crippen LogP contribution < -0.4 is 10.2 Å². The van der Waals surface area contributed by atoms with Crippen LogP contribution in [0.25, 0.3) is 0 Å². The molecule has 0 saturated carbocycles. The number of fused-ring (bicyclic) bond motifs is 1. The second kappa shape index (κ2) is 9.76. The van der Waals surface area contributed by atoms with E-state index in [1.54, 1.807) is 0 Å². The standard InChI is InChI=1S/C20H34N2/c1-3-4-5-6-7-8-9-10-11-12-15-22-17-21-19-16-18(2)13-14-20(19)22/h13-14,16,21H,3-12,15,17H2,1-2H3. The van der Waals surface area contributed by atoms with E-state index in [2.05, 4.69) is 42.3 Å². The summed E-state index contributed by atoms with van der Waals surface area (Å²) in [6.07, 6.45) is 14.1. The lowest BCUT2D eigenvalue weighted by atomic mass is 10.1. The second-order valence-electron chi connectivity index (χ2n) is 6.80. The molecule has 2 nitrogen and oxygen atoms in total. The van der Waals surface area contributed by atoms with E-state index in [4.69, 9.17) is 0 Å². The van der Waals surface area contributed by atoms with Gasteiger partial charge in [-0.3, -0.25) is 0 Å². The van der Waals surface area contributed by atoms with Crippen LogP contribution in [0.2, 0.25) is 0 Å². The third-order valence-electron chi connectivity index (χ3n) is 4.73. The van der Waals surface area contributed by atoms with Crippen LogP contribution in [0.4, 0.5) is 11.4 Å². The molecule has 1 aromatic carbocycles. The van der Waals surface area contributed by atoms with Gasteiger partial charge in [0, 0.05) is 6.54 Å². The molecular formula is C20H34N2. The molecule has 0 aromatic heterocycles. The van der Waals surface area contributed by atoms with Crippen molar-refractivity contribution < 1.29 is 0 Å². The monoisotopic (exact) mass is 302 g/mol. The smallest absolute Gasteiger partial charge is 0.0877 e. The summed E-state index contributed by atoms with van der Waals surface area (Å²) in [5, 5.41) is 3.50. The van der Waals surface area contributed by atoms with Crippen molar-refractivity contribution >= 4 is 11.4 Å². The van der Waals surface area contributed by atoms with E-state index in [-0.39, 0.29) is 0 Å².